The molecule has 0 aromatic carbocycles. The maximum Gasteiger partial charge on any atom is 0.0948 e. The molecule has 2 aromatic rings. The molecule has 0 amide bonds. The molecule has 0 aliphatic heterocycles. The van der Waals surface area contributed by atoms with Crippen LogP contribution in [0, 0.1) is 0 Å². The molecule has 0 fully saturated rings. The van der Waals surface area contributed by atoms with E-state index in [1.54, 1.807) is 0 Å². The fourth-order valence-electron chi connectivity index (χ4n) is 2.05. The number of aryl methyl sites for hydroxylation is 1. The van der Waals surface area contributed by atoms with Crippen molar-refractivity contribution in [2.75, 3.05) is 7.05 Å². The van der Waals surface area contributed by atoms with Crippen LogP contribution in [0.4, 0.5) is 0 Å². The van der Waals surface area contributed by atoms with Crippen LogP contribution in [0.1, 0.15) is 31.3 Å². The van der Waals surface area contributed by atoms with Gasteiger partial charge in [-0.15, -0.1) is 0 Å². The van der Waals surface area contributed by atoms with Crippen molar-refractivity contribution in [1.82, 2.24) is 19.4 Å². The summed E-state index contributed by atoms with van der Waals surface area (Å²) in [5.41, 5.74) is 2.55. The monoisotopic (exact) mass is 232 g/mol. The van der Waals surface area contributed by atoms with E-state index in [0.717, 1.165) is 13.1 Å². The lowest BCUT2D eigenvalue weighted by Crippen LogP contribution is -2.17. The molecular weight excluding hydrogens is 212 g/mol. The zero-order chi connectivity index (χ0) is 12.3. The number of nitrogens with zero attached hydrogens (tertiary/aromatic N) is 3. The molecule has 0 aliphatic carbocycles. The van der Waals surface area contributed by atoms with Gasteiger partial charge < -0.3 is 14.5 Å². The molecule has 0 bridgehead atoms. The van der Waals surface area contributed by atoms with Crippen LogP contribution in [0.25, 0.3) is 0 Å². The van der Waals surface area contributed by atoms with Gasteiger partial charge >= 0.3 is 0 Å². The summed E-state index contributed by atoms with van der Waals surface area (Å²) < 4.78 is 4.44. The van der Waals surface area contributed by atoms with Gasteiger partial charge in [0.25, 0.3) is 0 Å². The van der Waals surface area contributed by atoms with Crippen molar-refractivity contribution in [3.63, 3.8) is 0 Å². The molecule has 4 nitrogen and oxygen atoms in total. The first-order valence-electron chi connectivity index (χ1n) is 6.07. The van der Waals surface area contributed by atoms with Gasteiger partial charge in [-0.05, 0) is 33.0 Å². The summed E-state index contributed by atoms with van der Waals surface area (Å²) in [6.45, 7) is 6.15. The van der Waals surface area contributed by atoms with Crippen LogP contribution in [0.15, 0.2) is 30.9 Å². The number of rotatable bonds is 5. The number of imidazole rings is 1. The molecule has 0 aliphatic rings. The van der Waals surface area contributed by atoms with Gasteiger partial charge in [0.15, 0.2) is 0 Å². The molecule has 0 radical (unpaired) electrons. The Kier molecular flexibility index (Phi) is 3.64. The van der Waals surface area contributed by atoms with Gasteiger partial charge in [0.1, 0.15) is 0 Å². The third-order valence-corrected chi connectivity index (χ3v) is 3.21. The van der Waals surface area contributed by atoms with E-state index >= 15 is 0 Å². The summed E-state index contributed by atoms with van der Waals surface area (Å²) in [5, 5.41) is 3.27. The summed E-state index contributed by atoms with van der Waals surface area (Å²) in [6, 6.07) is 4.62. The highest BCUT2D eigenvalue weighted by Gasteiger charge is 2.09. The normalized spacial score (nSPS) is 12.9. The van der Waals surface area contributed by atoms with Gasteiger partial charge in [0, 0.05) is 30.7 Å². The molecule has 2 aromatic heterocycles. The summed E-state index contributed by atoms with van der Waals surface area (Å²) >= 11 is 0. The molecule has 1 N–H and O–H groups in total. The Balaban J connectivity index is 2.22. The highest BCUT2D eigenvalue weighted by Crippen LogP contribution is 2.14. The summed E-state index contributed by atoms with van der Waals surface area (Å²) in [5.74, 6) is 0. The first-order chi connectivity index (χ1) is 8.26. The second-order valence-corrected chi connectivity index (χ2v) is 4.24. The molecule has 0 spiro atoms. The summed E-state index contributed by atoms with van der Waals surface area (Å²) in [7, 11) is 1.98. The maximum atomic E-state index is 4.20. The fraction of sp³-hybridized carbons (Fsp3) is 0.462. The van der Waals surface area contributed by atoms with E-state index in [1.165, 1.54) is 11.4 Å². The topological polar surface area (TPSA) is 34.8 Å². The first kappa shape index (κ1) is 11.9. The Labute approximate surface area is 102 Å². The molecule has 1 unspecified atom stereocenters. The predicted octanol–water partition coefficient (Wildman–Crippen LogP) is 2.03. The Hall–Kier alpha value is -1.55. The highest BCUT2D eigenvalue weighted by molar-refractivity contribution is 5.13. The minimum absolute atomic E-state index is 0.364. The van der Waals surface area contributed by atoms with Crippen molar-refractivity contribution in [3.05, 3.63) is 42.2 Å². The molecule has 17 heavy (non-hydrogen) atoms. The second kappa shape index (κ2) is 5.19. The predicted molar refractivity (Wildman–Crippen MR) is 68.9 cm³/mol. The molecule has 2 rings (SSSR count). The smallest absolute Gasteiger partial charge is 0.0948 e. The molecule has 0 saturated heterocycles. The number of hydrogen-bond acceptors (Lipinski definition) is 2. The van der Waals surface area contributed by atoms with Crippen molar-refractivity contribution < 1.29 is 0 Å². The van der Waals surface area contributed by atoms with E-state index in [4.69, 9.17) is 0 Å². The largest absolute Gasteiger partial charge is 0.344 e. The van der Waals surface area contributed by atoms with E-state index in [-0.39, 0.29) is 0 Å². The van der Waals surface area contributed by atoms with Crippen LogP contribution in [0.2, 0.25) is 0 Å². The molecule has 2 heterocycles. The van der Waals surface area contributed by atoms with E-state index in [9.17, 15) is 0 Å². The molecular formula is C13H20N4. The Bertz CT molecular complexity index is 469. The Morgan fingerprint density at radius 2 is 2.24 bits per heavy atom. The second-order valence-electron chi connectivity index (χ2n) is 4.24. The first-order valence-corrected chi connectivity index (χ1v) is 6.07. The van der Waals surface area contributed by atoms with Gasteiger partial charge in [-0.1, -0.05) is 0 Å². The van der Waals surface area contributed by atoms with Crippen LogP contribution in [0.5, 0.6) is 0 Å². The van der Waals surface area contributed by atoms with Crippen LogP contribution >= 0.6 is 0 Å². The Morgan fingerprint density at radius 3 is 2.94 bits per heavy atom. The fourth-order valence-corrected chi connectivity index (χ4v) is 2.05. The third-order valence-electron chi connectivity index (χ3n) is 3.21. The van der Waals surface area contributed by atoms with Crippen molar-refractivity contribution in [3.8, 4) is 0 Å². The van der Waals surface area contributed by atoms with Crippen molar-refractivity contribution >= 4 is 0 Å². The van der Waals surface area contributed by atoms with E-state index in [2.05, 4.69) is 51.6 Å². The lowest BCUT2D eigenvalue weighted by Gasteiger charge is -2.15. The lowest BCUT2D eigenvalue weighted by atomic mass is 10.2. The average molecular weight is 232 g/mol. The van der Waals surface area contributed by atoms with Crippen LogP contribution in [-0.2, 0) is 13.1 Å². The minimum Gasteiger partial charge on any atom is -0.344 e. The van der Waals surface area contributed by atoms with Crippen molar-refractivity contribution in [2.45, 2.75) is 33.0 Å². The standard InChI is InChI=1S/C13H20N4/c1-4-16-10-15-8-12(16)9-17-7-5-6-13(17)11(2)14-3/h5-8,10-11,14H,4,9H2,1-3H3. The number of aromatic nitrogens is 3. The summed E-state index contributed by atoms with van der Waals surface area (Å²) in [6.07, 6.45) is 5.95. The Morgan fingerprint density at radius 1 is 1.41 bits per heavy atom. The van der Waals surface area contributed by atoms with Gasteiger partial charge in [-0.2, -0.15) is 0 Å². The highest BCUT2D eigenvalue weighted by atomic mass is 15.1. The van der Waals surface area contributed by atoms with E-state index in [0.29, 0.717) is 6.04 Å². The van der Waals surface area contributed by atoms with E-state index < -0.39 is 0 Å². The van der Waals surface area contributed by atoms with Gasteiger partial charge in [0.05, 0.1) is 18.6 Å². The molecule has 1 atom stereocenters. The van der Waals surface area contributed by atoms with Gasteiger partial charge in [0.2, 0.25) is 0 Å². The lowest BCUT2D eigenvalue weighted by molar-refractivity contribution is 0.576. The van der Waals surface area contributed by atoms with Crippen molar-refractivity contribution in [2.24, 2.45) is 0 Å². The number of hydrogen-bond donors (Lipinski definition) is 1. The zero-order valence-corrected chi connectivity index (χ0v) is 10.7. The van der Waals surface area contributed by atoms with Crippen LogP contribution < -0.4 is 5.32 Å². The molecule has 4 heteroatoms. The average Bonchev–Trinajstić information content (AvgIpc) is 2.97. The maximum absolute atomic E-state index is 4.20. The van der Waals surface area contributed by atoms with E-state index in [1.807, 2.05) is 19.6 Å². The number of nitrogens with one attached hydrogen (secondary N) is 1. The van der Waals surface area contributed by atoms with Crippen LogP contribution in [-0.4, -0.2) is 21.2 Å². The molecule has 92 valence electrons. The quantitative estimate of drug-likeness (QED) is 0.856. The van der Waals surface area contributed by atoms with Crippen LogP contribution in [0.3, 0.4) is 0 Å². The minimum atomic E-state index is 0.364. The van der Waals surface area contributed by atoms with Gasteiger partial charge in [-0.3, -0.25) is 0 Å². The third kappa shape index (κ3) is 2.42. The zero-order valence-electron chi connectivity index (χ0n) is 10.7. The summed E-state index contributed by atoms with van der Waals surface area (Å²) in [4.78, 5) is 4.20. The molecule has 0 saturated carbocycles. The van der Waals surface area contributed by atoms with Crippen molar-refractivity contribution in [1.29, 1.82) is 0 Å². The van der Waals surface area contributed by atoms with Gasteiger partial charge in [-0.25, -0.2) is 4.98 Å². The SMILES string of the molecule is CCn1cncc1Cn1cccc1C(C)NC.